The van der Waals surface area contributed by atoms with Gasteiger partial charge in [0.25, 0.3) is 0 Å². The number of hydrogen-bond donors (Lipinski definition) is 1. The summed E-state index contributed by atoms with van der Waals surface area (Å²) in [7, 11) is 0. The van der Waals surface area contributed by atoms with Crippen LogP contribution in [-0.4, -0.2) is 53.5 Å². The normalized spacial score (nSPS) is 27.7. The highest BCUT2D eigenvalue weighted by molar-refractivity contribution is 6.30. The van der Waals surface area contributed by atoms with Gasteiger partial charge in [0.2, 0.25) is 0 Å². The molecule has 0 bridgehead atoms. The molecule has 1 N–H and O–H groups in total. The number of likely N-dealkylation sites (tertiary alicyclic amines) is 1. The quantitative estimate of drug-likeness (QED) is 0.926. The second-order valence-corrected chi connectivity index (χ2v) is 6.06. The molecule has 0 amide bonds. The maximum absolute atomic E-state index is 5.91. The summed E-state index contributed by atoms with van der Waals surface area (Å²) in [6.07, 6.45) is 3.55. The third kappa shape index (κ3) is 3.22. The van der Waals surface area contributed by atoms with Crippen LogP contribution in [0.1, 0.15) is 24.8 Å². The Morgan fingerprint density at radius 2 is 2.30 bits per heavy atom. The first-order valence-corrected chi connectivity index (χ1v) is 7.68. The summed E-state index contributed by atoms with van der Waals surface area (Å²) in [6.45, 7) is 5.97. The van der Waals surface area contributed by atoms with Gasteiger partial charge in [0, 0.05) is 25.2 Å². The summed E-state index contributed by atoms with van der Waals surface area (Å²) in [6, 6.07) is 2.99. The fourth-order valence-electron chi connectivity index (χ4n) is 3.02. The summed E-state index contributed by atoms with van der Waals surface area (Å²) >= 11 is 5.91. The molecule has 2 aliphatic heterocycles. The maximum atomic E-state index is 5.91. The van der Waals surface area contributed by atoms with E-state index < -0.39 is 0 Å². The lowest BCUT2D eigenvalue weighted by atomic mass is 10.0. The second-order valence-electron chi connectivity index (χ2n) is 5.70. The lowest BCUT2D eigenvalue weighted by Crippen LogP contribution is -2.47. The zero-order valence-corrected chi connectivity index (χ0v) is 12.6. The molecule has 0 spiro atoms. The van der Waals surface area contributed by atoms with Crippen LogP contribution < -0.4 is 5.32 Å². The van der Waals surface area contributed by atoms with Crippen molar-refractivity contribution in [3.8, 4) is 0 Å². The fourth-order valence-corrected chi connectivity index (χ4v) is 3.11. The van der Waals surface area contributed by atoms with E-state index in [9.17, 15) is 0 Å². The number of nitrogens with zero attached hydrogens (tertiary/aromatic N) is 3. The number of anilines is 1. The van der Waals surface area contributed by atoms with Crippen LogP contribution in [0.15, 0.2) is 6.07 Å². The molecule has 20 heavy (non-hydrogen) atoms. The number of rotatable bonds is 3. The third-order valence-corrected chi connectivity index (χ3v) is 4.52. The Balaban J connectivity index is 1.60. The Labute approximate surface area is 124 Å². The summed E-state index contributed by atoms with van der Waals surface area (Å²) < 4.78 is 5.49. The Morgan fingerprint density at radius 3 is 3.05 bits per heavy atom. The molecule has 5 nitrogen and oxygen atoms in total. The number of hydrogen-bond acceptors (Lipinski definition) is 5. The van der Waals surface area contributed by atoms with Crippen molar-refractivity contribution in [3.63, 3.8) is 0 Å². The van der Waals surface area contributed by atoms with Crippen LogP contribution >= 0.6 is 11.6 Å². The molecule has 2 aliphatic rings. The number of ether oxygens (including phenoxy) is 1. The van der Waals surface area contributed by atoms with E-state index in [-0.39, 0.29) is 0 Å². The number of aryl methyl sites for hydroxylation is 1. The van der Waals surface area contributed by atoms with Gasteiger partial charge in [-0.25, -0.2) is 0 Å². The van der Waals surface area contributed by atoms with E-state index in [1.165, 1.54) is 19.4 Å². The maximum Gasteiger partial charge on any atom is 0.154 e. The smallest absolute Gasteiger partial charge is 0.154 e. The molecule has 0 aromatic carbocycles. The largest absolute Gasteiger partial charge is 0.380 e. The van der Waals surface area contributed by atoms with Crippen molar-refractivity contribution in [2.75, 3.05) is 31.6 Å². The molecule has 110 valence electrons. The molecule has 1 aromatic rings. The topological polar surface area (TPSA) is 50.3 Å². The van der Waals surface area contributed by atoms with Gasteiger partial charge in [-0.1, -0.05) is 11.6 Å². The predicted molar refractivity (Wildman–Crippen MR) is 79.2 cm³/mol. The van der Waals surface area contributed by atoms with Crippen molar-refractivity contribution in [1.29, 1.82) is 0 Å². The zero-order chi connectivity index (χ0) is 13.9. The van der Waals surface area contributed by atoms with Crippen molar-refractivity contribution < 1.29 is 4.74 Å². The first-order chi connectivity index (χ1) is 9.72. The first kappa shape index (κ1) is 14.0. The van der Waals surface area contributed by atoms with Crippen molar-refractivity contribution >= 4 is 17.4 Å². The molecule has 0 radical (unpaired) electrons. The second kappa shape index (κ2) is 6.24. The molecule has 0 saturated carbocycles. The van der Waals surface area contributed by atoms with Crippen LogP contribution in [-0.2, 0) is 4.74 Å². The van der Waals surface area contributed by atoms with Gasteiger partial charge in [-0.2, -0.15) is 0 Å². The summed E-state index contributed by atoms with van der Waals surface area (Å²) in [5, 5.41) is 12.0. The number of halogens is 1. The lowest BCUT2D eigenvalue weighted by Gasteiger charge is -2.36. The van der Waals surface area contributed by atoms with E-state index in [0.29, 0.717) is 17.2 Å². The van der Waals surface area contributed by atoms with Crippen LogP contribution in [0, 0.1) is 6.92 Å². The van der Waals surface area contributed by atoms with Gasteiger partial charge < -0.3 is 10.1 Å². The van der Waals surface area contributed by atoms with Crippen LogP contribution in [0.4, 0.5) is 5.82 Å². The molecule has 3 rings (SSSR count). The van der Waals surface area contributed by atoms with E-state index in [0.717, 1.165) is 37.6 Å². The first-order valence-electron chi connectivity index (χ1n) is 7.30. The predicted octanol–water partition coefficient (Wildman–Crippen LogP) is 2.10. The summed E-state index contributed by atoms with van der Waals surface area (Å²) in [5.74, 6) is 0.821. The van der Waals surface area contributed by atoms with E-state index >= 15 is 0 Å². The molecule has 2 saturated heterocycles. The van der Waals surface area contributed by atoms with Crippen molar-refractivity contribution in [2.45, 2.75) is 38.3 Å². The molecule has 6 heteroatoms. The minimum Gasteiger partial charge on any atom is -0.380 e. The van der Waals surface area contributed by atoms with Gasteiger partial charge in [0.1, 0.15) is 5.82 Å². The van der Waals surface area contributed by atoms with Gasteiger partial charge in [0.05, 0.1) is 6.61 Å². The summed E-state index contributed by atoms with van der Waals surface area (Å²) in [5.41, 5.74) is 0.959. The van der Waals surface area contributed by atoms with Crippen molar-refractivity contribution in [3.05, 3.63) is 16.8 Å². The van der Waals surface area contributed by atoms with Crippen molar-refractivity contribution in [1.82, 2.24) is 15.1 Å². The van der Waals surface area contributed by atoms with E-state index in [4.69, 9.17) is 16.3 Å². The standard InChI is InChI=1S/C14H21ClN4O/c1-10-7-13(17-18-14(10)15)16-11-3-2-5-19(8-11)12-4-6-20-9-12/h7,11-12H,2-6,8-9H2,1H3,(H,16,17)/t11-,12?/m1/s1. The molecular formula is C14H21ClN4O. The monoisotopic (exact) mass is 296 g/mol. The van der Waals surface area contributed by atoms with E-state index in [1.54, 1.807) is 0 Å². The Kier molecular flexibility index (Phi) is 4.38. The molecule has 2 fully saturated rings. The summed E-state index contributed by atoms with van der Waals surface area (Å²) in [4.78, 5) is 2.55. The minimum absolute atomic E-state index is 0.430. The molecule has 1 aromatic heterocycles. The van der Waals surface area contributed by atoms with Gasteiger partial charge in [-0.05, 0) is 44.4 Å². The average Bonchev–Trinajstić information content (AvgIpc) is 2.97. The van der Waals surface area contributed by atoms with Gasteiger partial charge in [-0.15, -0.1) is 10.2 Å². The highest BCUT2D eigenvalue weighted by atomic mass is 35.5. The molecule has 3 heterocycles. The molecule has 1 unspecified atom stereocenters. The van der Waals surface area contributed by atoms with Gasteiger partial charge in [0.15, 0.2) is 5.15 Å². The molecule has 0 aliphatic carbocycles. The van der Waals surface area contributed by atoms with Crippen LogP contribution in [0.2, 0.25) is 5.15 Å². The third-order valence-electron chi connectivity index (χ3n) is 4.15. The molecular weight excluding hydrogens is 276 g/mol. The Morgan fingerprint density at radius 1 is 1.40 bits per heavy atom. The fraction of sp³-hybridized carbons (Fsp3) is 0.714. The van der Waals surface area contributed by atoms with Crippen LogP contribution in [0.25, 0.3) is 0 Å². The van der Waals surface area contributed by atoms with E-state index in [2.05, 4.69) is 20.4 Å². The minimum atomic E-state index is 0.430. The van der Waals surface area contributed by atoms with Crippen LogP contribution in [0.3, 0.4) is 0 Å². The average molecular weight is 297 g/mol. The SMILES string of the molecule is Cc1cc(N[C@@H]2CCCN(C3CCOC3)C2)nnc1Cl. The number of nitrogens with one attached hydrogen (secondary N) is 1. The lowest BCUT2D eigenvalue weighted by molar-refractivity contribution is 0.123. The van der Waals surface area contributed by atoms with Crippen molar-refractivity contribution in [2.24, 2.45) is 0 Å². The number of piperidine rings is 1. The van der Waals surface area contributed by atoms with Gasteiger partial charge >= 0.3 is 0 Å². The van der Waals surface area contributed by atoms with Crippen LogP contribution in [0.5, 0.6) is 0 Å². The van der Waals surface area contributed by atoms with E-state index in [1.807, 2.05) is 13.0 Å². The number of aromatic nitrogens is 2. The van der Waals surface area contributed by atoms with Gasteiger partial charge in [-0.3, -0.25) is 4.90 Å². The zero-order valence-electron chi connectivity index (χ0n) is 11.8. The molecule has 2 atom stereocenters. The highest BCUT2D eigenvalue weighted by Gasteiger charge is 2.28. The highest BCUT2D eigenvalue weighted by Crippen LogP contribution is 2.21. The Hall–Kier alpha value is -0.910. The Bertz CT molecular complexity index is 464.